The van der Waals surface area contributed by atoms with Gasteiger partial charge in [-0.15, -0.1) is 5.10 Å². The number of methoxy groups -OCH3 is 3. The highest BCUT2D eigenvalue weighted by atomic mass is 16.5. The number of carbonyl (C=O) groups is 4. The zero-order valence-corrected chi connectivity index (χ0v) is 18.5. The Labute approximate surface area is 189 Å². The highest BCUT2D eigenvalue weighted by molar-refractivity contribution is 6.01. The maximum atomic E-state index is 13.4. The van der Waals surface area contributed by atoms with Gasteiger partial charge in [-0.1, -0.05) is 23.4 Å². The first-order chi connectivity index (χ1) is 15.9. The number of rotatable bonds is 6. The summed E-state index contributed by atoms with van der Waals surface area (Å²) in [5, 5.41) is 7.75. The molecule has 0 aliphatic carbocycles. The monoisotopic (exact) mass is 456 g/mol. The molecule has 2 aromatic rings. The van der Waals surface area contributed by atoms with Crippen molar-refractivity contribution < 1.29 is 33.4 Å². The lowest BCUT2D eigenvalue weighted by Crippen LogP contribution is -2.55. The molecule has 0 spiro atoms. The molecular weight excluding hydrogens is 432 g/mol. The summed E-state index contributed by atoms with van der Waals surface area (Å²) in [5.41, 5.74) is -1.20. The summed E-state index contributed by atoms with van der Waals surface area (Å²) in [6.07, 6.45) is 1.57. The number of aromatic nitrogens is 3. The predicted octanol–water partition coefficient (Wildman–Crippen LogP) is 1.09. The molecule has 2 aliphatic rings. The first kappa shape index (κ1) is 22.4. The Morgan fingerprint density at radius 1 is 1.03 bits per heavy atom. The summed E-state index contributed by atoms with van der Waals surface area (Å²) in [5.74, 6) is -2.85. The zero-order valence-electron chi connectivity index (χ0n) is 18.5. The minimum atomic E-state index is -1.23. The van der Waals surface area contributed by atoms with Crippen molar-refractivity contribution in [3.63, 3.8) is 0 Å². The third kappa shape index (κ3) is 3.43. The molecule has 0 saturated carbocycles. The molecular formula is C22H24N4O7. The van der Waals surface area contributed by atoms with Crippen LogP contribution in [0.4, 0.5) is 0 Å². The smallest absolute Gasteiger partial charge is 0.361 e. The lowest BCUT2D eigenvalue weighted by molar-refractivity contribution is -0.154. The molecule has 1 amide bonds. The molecule has 2 fully saturated rings. The normalized spacial score (nSPS) is 23.3. The largest absolute Gasteiger partial charge is 0.467 e. The molecule has 2 saturated heterocycles. The first-order valence-electron chi connectivity index (χ1n) is 10.5. The zero-order chi connectivity index (χ0) is 23.8. The topological polar surface area (TPSA) is 130 Å². The van der Waals surface area contributed by atoms with E-state index in [1.54, 1.807) is 29.2 Å². The van der Waals surface area contributed by atoms with Crippen LogP contribution in [0.25, 0.3) is 0 Å². The Morgan fingerprint density at radius 3 is 2.36 bits per heavy atom. The van der Waals surface area contributed by atoms with Gasteiger partial charge in [-0.3, -0.25) is 4.79 Å². The SMILES string of the molecule is COC(=O)c1nnn(C[C@@H]2C[C@H]3CC[C@]2(C(=O)OC)N3C(=O)c2ccccc2)c1C(=O)OC. The van der Waals surface area contributed by atoms with Gasteiger partial charge >= 0.3 is 17.9 Å². The lowest BCUT2D eigenvalue weighted by Gasteiger charge is -2.36. The third-order valence-corrected chi connectivity index (χ3v) is 6.55. The van der Waals surface area contributed by atoms with Crippen LogP contribution in [0.1, 0.15) is 50.6 Å². The van der Waals surface area contributed by atoms with Crippen LogP contribution in [0.5, 0.6) is 0 Å². The minimum Gasteiger partial charge on any atom is -0.467 e. The van der Waals surface area contributed by atoms with Gasteiger partial charge in [0, 0.05) is 24.1 Å². The predicted molar refractivity (Wildman–Crippen MR) is 111 cm³/mol. The molecule has 174 valence electrons. The van der Waals surface area contributed by atoms with Crippen LogP contribution in [0.2, 0.25) is 0 Å². The molecule has 3 heterocycles. The number of esters is 3. The molecule has 1 aromatic carbocycles. The van der Waals surface area contributed by atoms with Gasteiger partial charge in [0.2, 0.25) is 5.69 Å². The van der Waals surface area contributed by atoms with E-state index in [1.807, 2.05) is 6.07 Å². The van der Waals surface area contributed by atoms with E-state index in [1.165, 1.54) is 18.9 Å². The van der Waals surface area contributed by atoms with Crippen molar-refractivity contribution >= 4 is 23.8 Å². The fourth-order valence-electron chi connectivity index (χ4n) is 5.13. The van der Waals surface area contributed by atoms with E-state index < -0.39 is 29.4 Å². The Kier molecular flexibility index (Phi) is 5.88. The molecule has 2 bridgehead atoms. The van der Waals surface area contributed by atoms with Gasteiger partial charge < -0.3 is 19.1 Å². The highest BCUT2D eigenvalue weighted by Gasteiger charge is 2.65. The molecule has 0 N–H and O–H groups in total. The van der Waals surface area contributed by atoms with E-state index in [0.29, 0.717) is 24.8 Å². The van der Waals surface area contributed by atoms with E-state index in [-0.39, 0.29) is 29.9 Å². The summed E-state index contributed by atoms with van der Waals surface area (Å²) in [6, 6.07) is 8.57. The third-order valence-electron chi connectivity index (χ3n) is 6.55. The van der Waals surface area contributed by atoms with Gasteiger partial charge in [0.25, 0.3) is 5.91 Å². The maximum absolute atomic E-state index is 13.4. The number of benzene rings is 1. The van der Waals surface area contributed by atoms with Gasteiger partial charge in [0.15, 0.2) is 5.69 Å². The quantitative estimate of drug-likeness (QED) is 0.463. The molecule has 1 aromatic heterocycles. The Hall–Kier alpha value is -3.76. The highest BCUT2D eigenvalue weighted by Crippen LogP contribution is 2.52. The number of fused-ring (bicyclic) bond motifs is 2. The van der Waals surface area contributed by atoms with E-state index in [2.05, 4.69) is 15.0 Å². The number of carbonyl (C=O) groups excluding carboxylic acids is 4. The number of ether oxygens (including phenoxy) is 3. The second kappa shape index (κ2) is 8.64. The number of nitrogens with zero attached hydrogens (tertiary/aromatic N) is 4. The van der Waals surface area contributed by atoms with Crippen molar-refractivity contribution in [3.8, 4) is 0 Å². The maximum Gasteiger partial charge on any atom is 0.361 e. The number of amides is 1. The van der Waals surface area contributed by atoms with E-state index in [0.717, 1.165) is 7.11 Å². The van der Waals surface area contributed by atoms with Crippen molar-refractivity contribution in [2.24, 2.45) is 5.92 Å². The van der Waals surface area contributed by atoms with E-state index in [4.69, 9.17) is 9.47 Å². The molecule has 2 aliphatic heterocycles. The molecule has 4 rings (SSSR count). The Morgan fingerprint density at radius 2 is 1.73 bits per heavy atom. The van der Waals surface area contributed by atoms with Crippen molar-refractivity contribution in [2.75, 3.05) is 21.3 Å². The summed E-state index contributed by atoms with van der Waals surface area (Å²) in [4.78, 5) is 52.7. The number of hydrogen-bond acceptors (Lipinski definition) is 9. The van der Waals surface area contributed by atoms with E-state index in [9.17, 15) is 19.2 Å². The van der Waals surface area contributed by atoms with Gasteiger partial charge in [-0.05, 0) is 31.4 Å². The van der Waals surface area contributed by atoms with E-state index >= 15 is 0 Å². The van der Waals surface area contributed by atoms with Crippen LogP contribution in [0.3, 0.4) is 0 Å². The Bertz CT molecular complexity index is 1100. The summed E-state index contributed by atoms with van der Waals surface area (Å²) in [6.45, 7) is 0.0542. The first-order valence-corrected chi connectivity index (χ1v) is 10.5. The molecule has 3 atom stereocenters. The van der Waals surface area contributed by atoms with Crippen molar-refractivity contribution in [3.05, 3.63) is 47.3 Å². The molecule has 0 unspecified atom stereocenters. The second-order valence-electron chi connectivity index (χ2n) is 8.03. The van der Waals surface area contributed by atoms with Gasteiger partial charge in [0.05, 0.1) is 21.3 Å². The average Bonchev–Trinajstić information content (AvgIpc) is 3.53. The van der Waals surface area contributed by atoms with Crippen LogP contribution in [-0.2, 0) is 25.5 Å². The standard InChI is InChI=1S/C22H24N4O7/c1-31-19(28)16-17(20(29)32-2)25(24-23-16)12-14-11-15-9-10-22(14,21(30)33-3)26(15)18(27)13-7-5-4-6-8-13/h4-8,14-15H,9-12H2,1-3H3/t14-,15+,22-/m0/s1. The fraction of sp³-hybridized carbons (Fsp3) is 0.455. The van der Waals surface area contributed by atoms with Crippen LogP contribution < -0.4 is 0 Å². The van der Waals surface area contributed by atoms with Crippen LogP contribution in [0.15, 0.2) is 30.3 Å². The average molecular weight is 456 g/mol. The van der Waals surface area contributed by atoms with Crippen molar-refractivity contribution in [1.82, 2.24) is 19.9 Å². The summed E-state index contributed by atoms with van der Waals surface area (Å²) < 4.78 is 15.9. The molecule has 11 nitrogen and oxygen atoms in total. The van der Waals surface area contributed by atoms with Crippen molar-refractivity contribution in [2.45, 2.75) is 37.4 Å². The second-order valence-corrected chi connectivity index (χ2v) is 8.03. The van der Waals surface area contributed by atoms with Crippen LogP contribution in [0, 0.1) is 5.92 Å². The summed E-state index contributed by atoms with van der Waals surface area (Å²) >= 11 is 0. The van der Waals surface area contributed by atoms with Crippen LogP contribution >= 0.6 is 0 Å². The minimum absolute atomic E-state index is 0.0542. The fourth-order valence-corrected chi connectivity index (χ4v) is 5.13. The molecule has 33 heavy (non-hydrogen) atoms. The Balaban J connectivity index is 1.73. The van der Waals surface area contributed by atoms with Gasteiger partial charge in [-0.2, -0.15) is 0 Å². The molecule has 0 radical (unpaired) electrons. The molecule has 11 heteroatoms. The number of hydrogen-bond donors (Lipinski definition) is 0. The van der Waals surface area contributed by atoms with Crippen LogP contribution in [-0.4, -0.2) is 76.6 Å². The van der Waals surface area contributed by atoms with Gasteiger partial charge in [0.1, 0.15) is 5.54 Å². The van der Waals surface area contributed by atoms with Crippen molar-refractivity contribution in [1.29, 1.82) is 0 Å². The lowest BCUT2D eigenvalue weighted by atomic mass is 9.77. The van der Waals surface area contributed by atoms with Gasteiger partial charge in [-0.25, -0.2) is 19.1 Å². The summed E-state index contributed by atoms with van der Waals surface area (Å²) in [7, 11) is 3.63.